The number of hydrogen-bond acceptors (Lipinski definition) is 5. The zero-order chi connectivity index (χ0) is 18.8. The van der Waals surface area contributed by atoms with Crippen LogP contribution >= 0.6 is 23.2 Å². The van der Waals surface area contributed by atoms with Gasteiger partial charge in [-0.3, -0.25) is 4.79 Å². The maximum Gasteiger partial charge on any atom is 0.340 e. The van der Waals surface area contributed by atoms with Crippen LogP contribution in [0.15, 0.2) is 47.4 Å². The van der Waals surface area contributed by atoms with Crippen molar-refractivity contribution < 1.29 is 22.7 Å². The molecule has 0 amide bonds. The normalized spacial score (nSPS) is 12.5. The molecule has 0 aliphatic heterocycles. The first-order valence-electron chi connectivity index (χ1n) is 7.10. The monoisotopic (exact) mass is 400 g/mol. The number of hydrogen-bond donors (Lipinski definition) is 0. The van der Waals surface area contributed by atoms with Gasteiger partial charge >= 0.3 is 5.97 Å². The summed E-state index contributed by atoms with van der Waals surface area (Å²) in [5.41, 5.74) is 0.209. The second-order valence-corrected chi connectivity index (χ2v) is 8.19. The first-order chi connectivity index (χ1) is 11.6. The third kappa shape index (κ3) is 4.81. The molecule has 25 heavy (non-hydrogen) atoms. The highest BCUT2D eigenvalue weighted by Crippen LogP contribution is 2.22. The molecule has 0 heterocycles. The van der Waals surface area contributed by atoms with E-state index in [0.29, 0.717) is 10.6 Å². The second-order valence-electron chi connectivity index (χ2n) is 5.33. The Labute approximate surface area is 155 Å². The summed E-state index contributed by atoms with van der Waals surface area (Å²) in [5, 5.41) is 0.508. The number of ketones is 1. The molecule has 0 bridgehead atoms. The van der Waals surface area contributed by atoms with Crippen LogP contribution in [-0.4, -0.2) is 32.5 Å². The quantitative estimate of drug-likeness (QED) is 0.562. The molecule has 1 atom stereocenters. The molecular formula is C17H14Cl2O5S. The first kappa shape index (κ1) is 19.4. The van der Waals surface area contributed by atoms with Crippen LogP contribution in [0.4, 0.5) is 0 Å². The molecule has 0 unspecified atom stereocenters. The maximum absolute atomic E-state index is 12.3. The Kier molecular flexibility index (Phi) is 5.87. The number of esters is 1. The van der Waals surface area contributed by atoms with Gasteiger partial charge in [-0.2, -0.15) is 0 Å². The van der Waals surface area contributed by atoms with Crippen molar-refractivity contribution in [2.24, 2.45) is 0 Å². The fourth-order valence-electron chi connectivity index (χ4n) is 2.02. The third-order valence-electron chi connectivity index (χ3n) is 3.37. The fourth-order valence-corrected chi connectivity index (χ4v) is 2.99. The maximum atomic E-state index is 12.3. The van der Waals surface area contributed by atoms with Crippen molar-refractivity contribution in [3.8, 4) is 0 Å². The summed E-state index contributed by atoms with van der Waals surface area (Å²) in [7, 11) is -3.51. The molecule has 2 aromatic carbocycles. The molecule has 132 valence electrons. The highest BCUT2D eigenvalue weighted by atomic mass is 35.5. The number of ether oxygens (including phenoxy) is 1. The summed E-state index contributed by atoms with van der Waals surface area (Å²) < 4.78 is 28.3. The number of rotatable bonds is 5. The minimum Gasteiger partial charge on any atom is -0.451 e. The van der Waals surface area contributed by atoms with Crippen LogP contribution in [0.5, 0.6) is 0 Å². The summed E-state index contributed by atoms with van der Waals surface area (Å²) in [4.78, 5) is 24.5. The fraction of sp³-hybridized carbons (Fsp3) is 0.176. The summed E-state index contributed by atoms with van der Waals surface area (Å²) in [6.07, 6.45) is -0.0653. The highest BCUT2D eigenvalue weighted by Gasteiger charge is 2.23. The molecule has 8 heteroatoms. The molecule has 0 fully saturated rings. The summed E-state index contributed by atoms with van der Waals surface area (Å²) in [6.45, 7) is 1.42. The summed E-state index contributed by atoms with van der Waals surface area (Å²) >= 11 is 11.7. The summed E-state index contributed by atoms with van der Waals surface area (Å²) in [5.74, 6) is -1.30. The van der Waals surface area contributed by atoms with E-state index in [9.17, 15) is 18.0 Å². The van der Waals surface area contributed by atoms with Crippen molar-refractivity contribution >= 4 is 44.8 Å². The van der Waals surface area contributed by atoms with Crippen molar-refractivity contribution in [1.82, 2.24) is 0 Å². The van der Waals surface area contributed by atoms with E-state index in [2.05, 4.69) is 0 Å². The van der Waals surface area contributed by atoms with Crippen LogP contribution < -0.4 is 0 Å². The standard InChI is InChI=1S/C17H14Cl2O5S/c1-10(16(20)11-3-5-12(18)6-4-11)24-17(21)14-9-13(25(2,22)23)7-8-15(14)19/h3-10H,1-2H3/t10-/m0/s1. The van der Waals surface area contributed by atoms with E-state index in [4.69, 9.17) is 27.9 Å². The number of halogens is 2. The van der Waals surface area contributed by atoms with E-state index in [1.807, 2.05) is 0 Å². The van der Waals surface area contributed by atoms with Gasteiger partial charge in [0.15, 0.2) is 15.9 Å². The SMILES string of the molecule is C[C@H](OC(=O)c1cc(S(C)(=O)=O)ccc1Cl)C(=O)c1ccc(Cl)cc1. The predicted molar refractivity (Wildman–Crippen MR) is 95.2 cm³/mol. The lowest BCUT2D eigenvalue weighted by atomic mass is 10.1. The molecule has 0 aliphatic carbocycles. The summed E-state index contributed by atoms with van der Waals surface area (Å²) in [6, 6.07) is 9.85. The molecule has 0 radical (unpaired) electrons. The predicted octanol–water partition coefficient (Wildman–Crippen LogP) is 3.83. The average molecular weight is 401 g/mol. The Bertz CT molecular complexity index is 921. The Balaban J connectivity index is 2.21. The Morgan fingerprint density at radius 2 is 1.64 bits per heavy atom. The zero-order valence-electron chi connectivity index (χ0n) is 13.3. The van der Waals surface area contributed by atoms with Gasteiger partial charge in [0, 0.05) is 16.8 Å². The van der Waals surface area contributed by atoms with Crippen LogP contribution in [0, 0.1) is 0 Å². The molecule has 5 nitrogen and oxygen atoms in total. The molecule has 0 aliphatic rings. The zero-order valence-corrected chi connectivity index (χ0v) is 15.7. The van der Waals surface area contributed by atoms with Crippen LogP contribution in [0.3, 0.4) is 0 Å². The number of sulfone groups is 1. The topological polar surface area (TPSA) is 77.5 Å². The number of benzene rings is 2. The second kappa shape index (κ2) is 7.56. The van der Waals surface area contributed by atoms with Gasteiger partial charge in [-0.1, -0.05) is 23.2 Å². The minimum absolute atomic E-state index is 0.0311. The van der Waals surface area contributed by atoms with Crippen molar-refractivity contribution in [2.75, 3.05) is 6.26 Å². The number of Topliss-reactive ketones (excluding diaryl/α,β-unsaturated/α-hetero) is 1. The van der Waals surface area contributed by atoms with Gasteiger partial charge in [0.2, 0.25) is 5.78 Å². The molecular weight excluding hydrogens is 387 g/mol. The average Bonchev–Trinajstić information content (AvgIpc) is 2.54. The van der Waals surface area contributed by atoms with Gasteiger partial charge in [0.05, 0.1) is 15.5 Å². The van der Waals surface area contributed by atoms with E-state index >= 15 is 0 Å². The lowest BCUT2D eigenvalue weighted by molar-refractivity contribution is 0.0318. The van der Waals surface area contributed by atoms with Gasteiger partial charge in [-0.25, -0.2) is 13.2 Å². The van der Waals surface area contributed by atoms with Crippen LogP contribution in [0.1, 0.15) is 27.6 Å². The van der Waals surface area contributed by atoms with E-state index in [1.54, 1.807) is 12.1 Å². The largest absolute Gasteiger partial charge is 0.451 e. The molecule has 0 aromatic heterocycles. The lowest BCUT2D eigenvalue weighted by Gasteiger charge is -2.13. The lowest BCUT2D eigenvalue weighted by Crippen LogP contribution is -2.24. The Morgan fingerprint density at radius 1 is 1.04 bits per heavy atom. The minimum atomic E-state index is -3.51. The van der Waals surface area contributed by atoms with E-state index in [-0.39, 0.29) is 15.5 Å². The smallest absolute Gasteiger partial charge is 0.340 e. The number of carbonyl (C=O) groups excluding carboxylic acids is 2. The van der Waals surface area contributed by atoms with E-state index in [1.165, 1.54) is 31.2 Å². The molecule has 0 saturated carbocycles. The molecule has 2 rings (SSSR count). The Hall–Kier alpha value is -1.89. The van der Waals surface area contributed by atoms with Gasteiger partial charge in [0.25, 0.3) is 0 Å². The third-order valence-corrected chi connectivity index (χ3v) is 5.06. The Morgan fingerprint density at radius 3 is 2.20 bits per heavy atom. The van der Waals surface area contributed by atoms with Gasteiger partial charge < -0.3 is 4.74 Å². The molecule has 0 saturated heterocycles. The van der Waals surface area contributed by atoms with Crippen molar-refractivity contribution in [1.29, 1.82) is 0 Å². The van der Waals surface area contributed by atoms with E-state index in [0.717, 1.165) is 12.3 Å². The first-order valence-corrected chi connectivity index (χ1v) is 9.74. The van der Waals surface area contributed by atoms with Gasteiger partial charge in [-0.15, -0.1) is 0 Å². The molecule has 0 N–H and O–H groups in total. The van der Waals surface area contributed by atoms with E-state index < -0.39 is 27.7 Å². The molecule has 0 spiro atoms. The van der Waals surface area contributed by atoms with Crippen LogP contribution in [-0.2, 0) is 14.6 Å². The molecule has 2 aromatic rings. The van der Waals surface area contributed by atoms with Gasteiger partial charge in [0.1, 0.15) is 0 Å². The van der Waals surface area contributed by atoms with Crippen LogP contribution in [0.25, 0.3) is 0 Å². The van der Waals surface area contributed by atoms with Gasteiger partial charge in [-0.05, 0) is 49.4 Å². The van der Waals surface area contributed by atoms with Crippen molar-refractivity contribution in [3.05, 3.63) is 63.6 Å². The van der Waals surface area contributed by atoms with Crippen molar-refractivity contribution in [2.45, 2.75) is 17.9 Å². The number of carbonyl (C=O) groups is 2. The van der Waals surface area contributed by atoms with Crippen LogP contribution in [0.2, 0.25) is 10.0 Å². The van der Waals surface area contributed by atoms with Crippen molar-refractivity contribution in [3.63, 3.8) is 0 Å². The highest BCUT2D eigenvalue weighted by molar-refractivity contribution is 7.90.